The van der Waals surface area contributed by atoms with Crippen LogP contribution in [0.1, 0.15) is 18.9 Å². The zero-order valence-electron chi connectivity index (χ0n) is 11.1. The lowest BCUT2D eigenvalue weighted by Crippen LogP contribution is -2.37. The molecule has 0 heterocycles. The van der Waals surface area contributed by atoms with Gasteiger partial charge in [-0.25, -0.2) is 0 Å². The topological polar surface area (TPSA) is 35.2 Å². The van der Waals surface area contributed by atoms with Crippen molar-refractivity contribution in [2.24, 2.45) is 5.73 Å². The zero-order chi connectivity index (χ0) is 13.0. The van der Waals surface area contributed by atoms with Gasteiger partial charge in [-0.15, -0.1) is 0 Å². The maximum absolute atomic E-state index is 6.24. The van der Waals surface area contributed by atoms with Gasteiger partial charge in [0.15, 0.2) is 0 Å². The van der Waals surface area contributed by atoms with Gasteiger partial charge in [0.1, 0.15) is 0 Å². The Morgan fingerprint density at radius 3 is 2.56 bits per heavy atom. The molecule has 2 N–H and O–H groups in total. The number of methoxy groups -OCH3 is 1. The molecule has 2 aromatic carbocycles. The van der Waals surface area contributed by atoms with Crippen molar-refractivity contribution in [1.29, 1.82) is 0 Å². The highest BCUT2D eigenvalue weighted by molar-refractivity contribution is 5.85. The molecule has 2 nitrogen and oxygen atoms in total. The number of fused-ring (bicyclic) bond motifs is 1. The van der Waals surface area contributed by atoms with E-state index in [2.05, 4.69) is 49.4 Å². The van der Waals surface area contributed by atoms with E-state index in [1.807, 2.05) is 0 Å². The SMILES string of the molecule is CCC(OC)C(N)Cc1cccc2ccccc12. The highest BCUT2D eigenvalue weighted by atomic mass is 16.5. The molecule has 0 saturated carbocycles. The van der Waals surface area contributed by atoms with Gasteiger partial charge in [-0.05, 0) is 29.2 Å². The van der Waals surface area contributed by atoms with Crippen LogP contribution in [0, 0.1) is 0 Å². The van der Waals surface area contributed by atoms with E-state index in [1.165, 1.54) is 16.3 Å². The molecule has 0 bridgehead atoms. The molecular formula is C16H21NO. The van der Waals surface area contributed by atoms with Crippen molar-refractivity contribution < 1.29 is 4.74 Å². The zero-order valence-corrected chi connectivity index (χ0v) is 11.1. The molecule has 2 atom stereocenters. The molecule has 2 aromatic rings. The summed E-state index contributed by atoms with van der Waals surface area (Å²) in [5, 5.41) is 2.56. The summed E-state index contributed by atoms with van der Waals surface area (Å²) >= 11 is 0. The van der Waals surface area contributed by atoms with Gasteiger partial charge >= 0.3 is 0 Å². The van der Waals surface area contributed by atoms with Crippen LogP contribution in [0.4, 0.5) is 0 Å². The smallest absolute Gasteiger partial charge is 0.0722 e. The quantitative estimate of drug-likeness (QED) is 0.875. The fraction of sp³-hybridized carbons (Fsp3) is 0.375. The van der Waals surface area contributed by atoms with Crippen molar-refractivity contribution in [1.82, 2.24) is 0 Å². The average molecular weight is 243 g/mol. The third-order valence-electron chi connectivity index (χ3n) is 3.52. The second-order valence-electron chi connectivity index (χ2n) is 4.69. The first-order valence-electron chi connectivity index (χ1n) is 6.51. The minimum absolute atomic E-state index is 0.0470. The van der Waals surface area contributed by atoms with E-state index in [-0.39, 0.29) is 12.1 Å². The van der Waals surface area contributed by atoms with Gasteiger partial charge in [0.05, 0.1) is 6.10 Å². The Bertz CT molecular complexity index is 500. The van der Waals surface area contributed by atoms with Gasteiger partial charge in [0.25, 0.3) is 0 Å². The number of hydrogen-bond acceptors (Lipinski definition) is 2. The van der Waals surface area contributed by atoms with E-state index in [4.69, 9.17) is 10.5 Å². The van der Waals surface area contributed by atoms with Crippen LogP contribution in [-0.4, -0.2) is 19.3 Å². The normalized spacial score (nSPS) is 14.6. The van der Waals surface area contributed by atoms with Gasteiger partial charge in [-0.1, -0.05) is 49.4 Å². The third kappa shape index (κ3) is 2.71. The minimum atomic E-state index is 0.0470. The molecule has 0 amide bonds. The van der Waals surface area contributed by atoms with Gasteiger partial charge in [-0.2, -0.15) is 0 Å². The Morgan fingerprint density at radius 2 is 1.83 bits per heavy atom. The van der Waals surface area contributed by atoms with Crippen molar-refractivity contribution in [3.63, 3.8) is 0 Å². The lowest BCUT2D eigenvalue weighted by Gasteiger charge is -2.21. The third-order valence-corrected chi connectivity index (χ3v) is 3.52. The molecule has 18 heavy (non-hydrogen) atoms. The number of nitrogens with two attached hydrogens (primary N) is 1. The summed E-state index contributed by atoms with van der Waals surface area (Å²) in [6.45, 7) is 2.11. The summed E-state index contributed by atoms with van der Waals surface area (Å²) in [4.78, 5) is 0. The van der Waals surface area contributed by atoms with Crippen LogP contribution in [0.3, 0.4) is 0 Å². The van der Waals surface area contributed by atoms with Gasteiger partial charge in [0.2, 0.25) is 0 Å². The molecule has 2 unspecified atom stereocenters. The summed E-state index contributed by atoms with van der Waals surface area (Å²) in [7, 11) is 1.73. The van der Waals surface area contributed by atoms with Crippen LogP contribution < -0.4 is 5.73 Å². The minimum Gasteiger partial charge on any atom is -0.380 e. The van der Waals surface area contributed by atoms with Crippen LogP contribution in [-0.2, 0) is 11.2 Å². The van der Waals surface area contributed by atoms with E-state index < -0.39 is 0 Å². The summed E-state index contributed by atoms with van der Waals surface area (Å²) in [5.41, 5.74) is 7.54. The maximum Gasteiger partial charge on any atom is 0.0722 e. The van der Waals surface area contributed by atoms with Crippen molar-refractivity contribution in [3.05, 3.63) is 48.0 Å². The standard InChI is InChI=1S/C16H21NO/c1-3-16(18-2)15(17)11-13-9-6-8-12-7-4-5-10-14(12)13/h4-10,15-16H,3,11,17H2,1-2H3. The molecule has 0 saturated heterocycles. The largest absolute Gasteiger partial charge is 0.380 e. The highest BCUT2D eigenvalue weighted by Crippen LogP contribution is 2.20. The summed E-state index contributed by atoms with van der Waals surface area (Å²) < 4.78 is 5.42. The van der Waals surface area contributed by atoms with Crippen LogP contribution in [0.5, 0.6) is 0 Å². The fourth-order valence-electron chi connectivity index (χ4n) is 2.50. The lowest BCUT2D eigenvalue weighted by molar-refractivity contribution is 0.0774. The summed E-state index contributed by atoms with van der Waals surface area (Å²) in [5.74, 6) is 0. The fourth-order valence-corrected chi connectivity index (χ4v) is 2.50. The second kappa shape index (κ2) is 5.98. The Kier molecular flexibility index (Phi) is 4.34. The molecule has 0 aromatic heterocycles. The first-order chi connectivity index (χ1) is 8.76. The molecule has 0 aliphatic heterocycles. The molecule has 0 radical (unpaired) electrons. The average Bonchev–Trinajstić information content (AvgIpc) is 2.40. The van der Waals surface area contributed by atoms with Crippen molar-refractivity contribution in [2.45, 2.75) is 31.9 Å². The number of hydrogen-bond donors (Lipinski definition) is 1. The summed E-state index contributed by atoms with van der Waals surface area (Å²) in [6, 6.07) is 14.9. The number of benzene rings is 2. The molecule has 0 aliphatic rings. The summed E-state index contributed by atoms with van der Waals surface area (Å²) in [6.07, 6.45) is 1.93. The van der Waals surface area contributed by atoms with Crippen LogP contribution in [0.2, 0.25) is 0 Å². The van der Waals surface area contributed by atoms with Crippen molar-refractivity contribution >= 4 is 10.8 Å². The molecule has 0 fully saturated rings. The molecular weight excluding hydrogens is 222 g/mol. The molecule has 0 spiro atoms. The Balaban J connectivity index is 2.26. The van der Waals surface area contributed by atoms with Crippen molar-refractivity contribution in [2.75, 3.05) is 7.11 Å². The van der Waals surface area contributed by atoms with Crippen molar-refractivity contribution in [3.8, 4) is 0 Å². The van der Waals surface area contributed by atoms with Gasteiger partial charge in [0, 0.05) is 13.2 Å². The van der Waals surface area contributed by atoms with Gasteiger partial charge < -0.3 is 10.5 Å². The van der Waals surface area contributed by atoms with Crippen LogP contribution in [0.15, 0.2) is 42.5 Å². The van der Waals surface area contributed by atoms with Crippen LogP contribution >= 0.6 is 0 Å². The van der Waals surface area contributed by atoms with E-state index >= 15 is 0 Å². The first kappa shape index (κ1) is 13.1. The van der Waals surface area contributed by atoms with E-state index in [0.717, 1.165) is 12.8 Å². The molecule has 2 rings (SSSR count). The predicted octanol–water partition coefficient (Wildman–Crippen LogP) is 3.13. The highest BCUT2D eigenvalue weighted by Gasteiger charge is 2.16. The maximum atomic E-state index is 6.24. The molecule has 2 heteroatoms. The van der Waals surface area contributed by atoms with E-state index in [9.17, 15) is 0 Å². The Labute approximate surface area is 109 Å². The van der Waals surface area contributed by atoms with E-state index in [1.54, 1.807) is 7.11 Å². The molecule has 96 valence electrons. The molecule has 0 aliphatic carbocycles. The van der Waals surface area contributed by atoms with E-state index in [0.29, 0.717) is 0 Å². The number of ether oxygens (including phenoxy) is 1. The lowest BCUT2D eigenvalue weighted by atomic mass is 9.96. The monoisotopic (exact) mass is 243 g/mol. The second-order valence-corrected chi connectivity index (χ2v) is 4.69. The number of rotatable bonds is 5. The Morgan fingerprint density at radius 1 is 1.11 bits per heavy atom. The van der Waals surface area contributed by atoms with Gasteiger partial charge in [-0.3, -0.25) is 0 Å². The Hall–Kier alpha value is -1.38. The first-order valence-corrected chi connectivity index (χ1v) is 6.51. The predicted molar refractivity (Wildman–Crippen MR) is 76.7 cm³/mol. The van der Waals surface area contributed by atoms with Crippen LogP contribution in [0.25, 0.3) is 10.8 Å².